The maximum absolute atomic E-state index is 13.0. The Hall–Kier alpha value is -3.64. The summed E-state index contributed by atoms with van der Waals surface area (Å²) >= 11 is 5.95. The summed E-state index contributed by atoms with van der Waals surface area (Å²) in [6.45, 7) is 0.439. The fourth-order valence-corrected chi connectivity index (χ4v) is 3.78. The summed E-state index contributed by atoms with van der Waals surface area (Å²) in [5.41, 5.74) is 1.56. The number of benzene rings is 3. The van der Waals surface area contributed by atoms with Crippen molar-refractivity contribution in [2.24, 2.45) is 0 Å². The van der Waals surface area contributed by atoms with Crippen molar-refractivity contribution in [3.63, 3.8) is 0 Å². The molecule has 6 nitrogen and oxygen atoms in total. The minimum absolute atomic E-state index is 0.209. The van der Waals surface area contributed by atoms with Crippen molar-refractivity contribution in [2.45, 2.75) is 19.6 Å². The van der Waals surface area contributed by atoms with Crippen molar-refractivity contribution < 1.29 is 4.79 Å². The van der Waals surface area contributed by atoms with Gasteiger partial charge in [0.1, 0.15) is 6.54 Å². The van der Waals surface area contributed by atoms with Crippen LogP contribution in [0, 0.1) is 0 Å². The molecule has 1 aromatic heterocycles. The normalized spacial score (nSPS) is 10.9. The van der Waals surface area contributed by atoms with E-state index in [1.807, 2.05) is 42.5 Å². The first kappa shape index (κ1) is 21.6. The summed E-state index contributed by atoms with van der Waals surface area (Å²) in [5.74, 6) is -0.254. The van der Waals surface area contributed by atoms with Gasteiger partial charge in [-0.1, -0.05) is 66.2 Å². The molecule has 0 bridgehead atoms. The van der Waals surface area contributed by atoms with Crippen LogP contribution in [-0.4, -0.2) is 27.0 Å². The molecule has 4 rings (SSSR count). The number of hydrogen-bond donors (Lipinski definition) is 0. The van der Waals surface area contributed by atoms with Crippen LogP contribution in [0.1, 0.15) is 11.1 Å². The molecule has 0 radical (unpaired) electrons. The summed E-state index contributed by atoms with van der Waals surface area (Å²) in [6.07, 6.45) is 0. The standard InChI is InChI=1S/C25H22ClN3O3/c1-27(15-18-7-3-2-4-8-18)23(30)17-29-22-10-6-5-9-21(22)28(24(31)25(29)32)16-19-11-13-20(26)14-12-19/h2-14H,15-17H2,1H3. The lowest BCUT2D eigenvalue weighted by atomic mass is 10.2. The largest absolute Gasteiger partial charge is 0.340 e. The van der Waals surface area contributed by atoms with Crippen LogP contribution in [0.5, 0.6) is 0 Å². The second-order valence-electron chi connectivity index (χ2n) is 7.63. The Morgan fingerprint density at radius 3 is 2.00 bits per heavy atom. The molecule has 0 spiro atoms. The van der Waals surface area contributed by atoms with Gasteiger partial charge in [0, 0.05) is 18.6 Å². The number of amides is 1. The number of halogens is 1. The summed E-state index contributed by atoms with van der Waals surface area (Å²) in [6, 6.07) is 23.8. The molecule has 0 aliphatic heterocycles. The number of hydrogen-bond acceptors (Lipinski definition) is 3. The average molecular weight is 448 g/mol. The van der Waals surface area contributed by atoms with Crippen molar-refractivity contribution in [1.82, 2.24) is 14.0 Å². The minimum Gasteiger partial charge on any atom is -0.340 e. The fourth-order valence-electron chi connectivity index (χ4n) is 3.66. The summed E-state index contributed by atoms with van der Waals surface area (Å²) in [5, 5.41) is 0.597. The number of likely N-dealkylation sites (N-methyl/N-ethyl adjacent to an activating group) is 1. The van der Waals surface area contributed by atoms with Crippen LogP contribution in [-0.2, 0) is 24.4 Å². The van der Waals surface area contributed by atoms with Gasteiger partial charge in [0.2, 0.25) is 5.91 Å². The van der Waals surface area contributed by atoms with E-state index >= 15 is 0 Å². The van der Waals surface area contributed by atoms with Gasteiger partial charge in [-0.05, 0) is 35.4 Å². The third-order valence-corrected chi connectivity index (χ3v) is 5.62. The van der Waals surface area contributed by atoms with E-state index in [9.17, 15) is 14.4 Å². The third kappa shape index (κ3) is 4.50. The predicted molar refractivity (Wildman–Crippen MR) is 126 cm³/mol. The summed E-state index contributed by atoms with van der Waals surface area (Å²) in [7, 11) is 1.68. The van der Waals surface area contributed by atoms with Crippen LogP contribution >= 0.6 is 11.6 Å². The Balaban J connectivity index is 1.69. The molecule has 32 heavy (non-hydrogen) atoms. The molecule has 0 N–H and O–H groups in total. The fraction of sp³-hybridized carbons (Fsp3) is 0.160. The second-order valence-corrected chi connectivity index (χ2v) is 8.07. The van der Waals surface area contributed by atoms with E-state index in [0.717, 1.165) is 11.1 Å². The van der Waals surface area contributed by atoms with E-state index in [4.69, 9.17) is 11.6 Å². The van der Waals surface area contributed by atoms with Gasteiger partial charge in [-0.25, -0.2) is 0 Å². The highest BCUT2D eigenvalue weighted by atomic mass is 35.5. The minimum atomic E-state index is -0.723. The van der Waals surface area contributed by atoms with Crippen molar-refractivity contribution in [1.29, 1.82) is 0 Å². The Bertz CT molecular complexity index is 1380. The van der Waals surface area contributed by atoms with E-state index in [1.54, 1.807) is 48.3 Å². The molecule has 0 atom stereocenters. The molecule has 0 saturated heterocycles. The Morgan fingerprint density at radius 2 is 1.34 bits per heavy atom. The highest BCUT2D eigenvalue weighted by Crippen LogP contribution is 2.15. The lowest BCUT2D eigenvalue weighted by molar-refractivity contribution is -0.131. The van der Waals surface area contributed by atoms with Crippen LogP contribution in [0.3, 0.4) is 0 Å². The number of carbonyl (C=O) groups is 1. The predicted octanol–water partition coefficient (Wildman–Crippen LogP) is 3.52. The van der Waals surface area contributed by atoms with Gasteiger partial charge in [-0.15, -0.1) is 0 Å². The average Bonchev–Trinajstić information content (AvgIpc) is 2.81. The van der Waals surface area contributed by atoms with E-state index in [2.05, 4.69) is 0 Å². The molecule has 0 saturated carbocycles. The first-order valence-electron chi connectivity index (χ1n) is 10.2. The maximum Gasteiger partial charge on any atom is 0.317 e. The van der Waals surface area contributed by atoms with Crippen LogP contribution < -0.4 is 11.1 Å². The van der Waals surface area contributed by atoms with E-state index in [-0.39, 0.29) is 19.0 Å². The molecule has 0 aliphatic carbocycles. The molecule has 1 heterocycles. The van der Waals surface area contributed by atoms with Crippen molar-refractivity contribution in [2.75, 3.05) is 7.05 Å². The van der Waals surface area contributed by atoms with E-state index in [0.29, 0.717) is 22.6 Å². The Kier molecular flexibility index (Phi) is 6.23. The number of aromatic nitrogens is 2. The number of fused-ring (bicyclic) bond motifs is 1. The molecule has 0 fully saturated rings. The second kappa shape index (κ2) is 9.24. The lowest BCUT2D eigenvalue weighted by Gasteiger charge is -2.20. The number of para-hydroxylation sites is 2. The topological polar surface area (TPSA) is 64.3 Å². The molecule has 0 unspecified atom stereocenters. The zero-order valence-corrected chi connectivity index (χ0v) is 18.3. The van der Waals surface area contributed by atoms with Crippen LogP contribution in [0.2, 0.25) is 5.02 Å². The molecule has 4 aromatic rings. The van der Waals surface area contributed by atoms with Gasteiger partial charge in [-0.2, -0.15) is 0 Å². The van der Waals surface area contributed by atoms with Gasteiger partial charge in [-0.3, -0.25) is 23.5 Å². The first-order valence-corrected chi connectivity index (χ1v) is 10.6. The lowest BCUT2D eigenvalue weighted by Crippen LogP contribution is -2.44. The zero-order chi connectivity index (χ0) is 22.7. The highest BCUT2D eigenvalue weighted by molar-refractivity contribution is 6.30. The highest BCUT2D eigenvalue weighted by Gasteiger charge is 2.17. The number of carbonyl (C=O) groups excluding carboxylic acids is 1. The third-order valence-electron chi connectivity index (χ3n) is 5.37. The first-order chi connectivity index (χ1) is 15.4. The molecule has 1 amide bonds. The van der Waals surface area contributed by atoms with E-state index in [1.165, 1.54) is 9.13 Å². The van der Waals surface area contributed by atoms with Crippen molar-refractivity contribution in [3.05, 3.63) is 116 Å². The smallest absolute Gasteiger partial charge is 0.317 e. The van der Waals surface area contributed by atoms with Gasteiger partial charge < -0.3 is 4.90 Å². The Labute approximate surface area is 189 Å². The SMILES string of the molecule is CN(Cc1ccccc1)C(=O)Cn1c(=O)c(=O)n(Cc2ccc(Cl)cc2)c2ccccc21. The van der Waals surface area contributed by atoms with Crippen LogP contribution in [0.15, 0.2) is 88.5 Å². The molecular weight excluding hydrogens is 426 g/mol. The maximum atomic E-state index is 13.0. The van der Waals surface area contributed by atoms with Gasteiger partial charge in [0.25, 0.3) is 0 Å². The monoisotopic (exact) mass is 447 g/mol. The van der Waals surface area contributed by atoms with Gasteiger partial charge in [0.15, 0.2) is 0 Å². The molecule has 162 valence electrons. The molecular formula is C25H22ClN3O3. The van der Waals surface area contributed by atoms with E-state index < -0.39 is 11.1 Å². The van der Waals surface area contributed by atoms with Crippen molar-refractivity contribution in [3.8, 4) is 0 Å². The quantitative estimate of drug-likeness (QED) is 0.425. The molecule has 7 heteroatoms. The molecule has 0 aliphatic rings. The van der Waals surface area contributed by atoms with Crippen LogP contribution in [0.4, 0.5) is 0 Å². The molecule has 3 aromatic carbocycles. The van der Waals surface area contributed by atoms with Gasteiger partial charge in [0.05, 0.1) is 17.6 Å². The number of rotatable bonds is 6. The summed E-state index contributed by atoms with van der Waals surface area (Å²) < 4.78 is 2.70. The van der Waals surface area contributed by atoms with Crippen molar-refractivity contribution >= 4 is 28.5 Å². The zero-order valence-electron chi connectivity index (χ0n) is 17.6. The van der Waals surface area contributed by atoms with Gasteiger partial charge >= 0.3 is 11.1 Å². The Morgan fingerprint density at radius 1 is 0.781 bits per heavy atom. The number of nitrogens with zero attached hydrogens (tertiary/aromatic N) is 3. The van der Waals surface area contributed by atoms with Crippen LogP contribution in [0.25, 0.3) is 11.0 Å². The summed E-state index contributed by atoms with van der Waals surface area (Å²) in [4.78, 5) is 40.4.